The van der Waals surface area contributed by atoms with Crippen LogP contribution in [0.2, 0.25) is 0 Å². The average molecular weight is 677 g/mol. The molecule has 14 heteroatoms. The van der Waals surface area contributed by atoms with E-state index in [4.69, 9.17) is 15.2 Å². The first-order chi connectivity index (χ1) is 22.4. The SMILES string of the molecule is CCC1=C2C(C(N)=O)=C(O)C(N(C)C)[C@@H]3CC4Cc5c(N(C)C)cc(CN6CCC(O)(C(F)(F)F)CC6)c(O)c5C(=O)C4=C(OC)[C@]23O1. The molecule has 2 unspecified atom stereocenters. The van der Waals surface area contributed by atoms with Crippen molar-refractivity contribution in [3.63, 3.8) is 0 Å². The molecule has 0 aromatic heterocycles. The van der Waals surface area contributed by atoms with Crippen molar-refractivity contribution in [2.45, 2.75) is 69.0 Å². The standard InChI is InChI=1S/C34H43F3N4O7/c1-7-21-25-24(31(38)45)29(44)26(40(4)5)19-13-16-12-18-20(39(2)3)14-17(15-41-10-8-32(46,9-11-41)34(35,36)37)27(42)23(18)28(43)22(16)30(47-6)33(19,25)48-21/h14,16,19,26,42,44,46H,7-13,15H2,1-6H3,(H2,38,45)/t16?,19-,26?,33+/m0/s1. The molecule has 1 aromatic rings. The highest BCUT2D eigenvalue weighted by atomic mass is 19.4. The molecule has 1 amide bonds. The van der Waals surface area contributed by atoms with E-state index in [0.29, 0.717) is 53.0 Å². The number of carbonyl (C=O) groups excluding carboxylic acids is 2. The van der Waals surface area contributed by atoms with Crippen molar-refractivity contribution in [1.82, 2.24) is 9.80 Å². The summed E-state index contributed by atoms with van der Waals surface area (Å²) in [4.78, 5) is 32.9. The van der Waals surface area contributed by atoms with E-state index in [1.807, 2.05) is 25.9 Å². The van der Waals surface area contributed by atoms with E-state index in [1.54, 1.807) is 30.0 Å². The summed E-state index contributed by atoms with van der Waals surface area (Å²) in [5.74, 6) is -1.87. The lowest BCUT2D eigenvalue weighted by molar-refractivity contribution is -0.272. The summed E-state index contributed by atoms with van der Waals surface area (Å²) in [6, 6.07) is 1.09. The van der Waals surface area contributed by atoms with Crippen molar-refractivity contribution in [3.05, 3.63) is 56.8 Å². The van der Waals surface area contributed by atoms with Gasteiger partial charge in [-0.3, -0.25) is 19.4 Å². The molecular weight excluding hydrogens is 633 g/mol. The van der Waals surface area contributed by atoms with Gasteiger partial charge in [0.1, 0.15) is 17.3 Å². The Bertz CT molecular complexity index is 1670. The quantitative estimate of drug-likeness (QED) is 0.339. The zero-order valence-corrected chi connectivity index (χ0v) is 28.0. The molecule has 5 N–H and O–H groups in total. The van der Waals surface area contributed by atoms with Crippen LogP contribution in [0, 0.1) is 11.8 Å². The number of primary amides is 1. The van der Waals surface area contributed by atoms with Crippen LogP contribution in [0.3, 0.4) is 0 Å². The number of nitrogens with zero attached hydrogens (tertiary/aromatic N) is 3. The van der Waals surface area contributed by atoms with Crippen LogP contribution in [-0.4, -0.2) is 109 Å². The Kier molecular flexibility index (Phi) is 8.11. The molecule has 1 aromatic carbocycles. The summed E-state index contributed by atoms with van der Waals surface area (Å²) in [7, 11) is 8.62. The number of methoxy groups -OCH3 is 1. The van der Waals surface area contributed by atoms with Gasteiger partial charge in [-0.05, 0) is 57.3 Å². The molecule has 0 saturated carbocycles. The molecule has 1 fully saturated rings. The van der Waals surface area contributed by atoms with Crippen molar-refractivity contribution in [1.29, 1.82) is 0 Å². The molecule has 0 radical (unpaired) electrons. The van der Waals surface area contributed by atoms with Crippen molar-refractivity contribution in [3.8, 4) is 5.75 Å². The lowest BCUT2D eigenvalue weighted by Crippen LogP contribution is -2.65. The van der Waals surface area contributed by atoms with Gasteiger partial charge in [0.15, 0.2) is 22.7 Å². The molecule has 3 aliphatic carbocycles. The number of amides is 1. The number of aliphatic hydroxyl groups excluding tert-OH is 1. The number of carbonyl (C=O) groups is 2. The van der Waals surface area contributed by atoms with Crippen LogP contribution in [-0.2, 0) is 27.2 Å². The summed E-state index contributed by atoms with van der Waals surface area (Å²) >= 11 is 0. The molecule has 2 aliphatic heterocycles. The van der Waals surface area contributed by atoms with E-state index in [0.717, 1.165) is 0 Å². The van der Waals surface area contributed by atoms with Crippen molar-refractivity contribution < 1.29 is 47.6 Å². The number of hydrogen-bond acceptors (Lipinski definition) is 10. The summed E-state index contributed by atoms with van der Waals surface area (Å²) in [5.41, 5.74) is 4.16. The second kappa shape index (κ2) is 11.4. The molecule has 11 nitrogen and oxygen atoms in total. The van der Waals surface area contributed by atoms with Crippen LogP contribution < -0.4 is 10.6 Å². The van der Waals surface area contributed by atoms with E-state index < -0.39 is 53.9 Å². The monoisotopic (exact) mass is 676 g/mol. The Morgan fingerprint density at radius 3 is 2.35 bits per heavy atom. The number of likely N-dealkylation sites (tertiary alicyclic amines) is 1. The number of aromatic hydroxyl groups is 1. The Labute approximate surface area is 277 Å². The normalized spacial score (nSPS) is 28.3. The predicted octanol–water partition coefficient (Wildman–Crippen LogP) is 3.30. The number of halogens is 3. The van der Waals surface area contributed by atoms with Gasteiger partial charge in [0.05, 0.1) is 29.9 Å². The van der Waals surface area contributed by atoms with E-state index >= 15 is 0 Å². The number of fused-ring (bicyclic) bond motifs is 2. The first-order valence-corrected chi connectivity index (χ1v) is 16.2. The highest BCUT2D eigenvalue weighted by Crippen LogP contribution is 2.63. The molecular formula is C34H43F3N4O7. The van der Waals surface area contributed by atoms with Gasteiger partial charge in [-0.1, -0.05) is 6.92 Å². The van der Waals surface area contributed by atoms with Gasteiger partial charge in [-0.15, -0.1) is 0 Å². The van der Waals surface area contributed by atoms with Crippen LogP contribution in [0.5, 0.6) is 5.75 Å². The van der Waals surface area contributed by atoms with Crippen LogP contribution in [0.1, 0.15) is 54.1 Å². The molecule has 2 heterocycles. The number of aliphatic hydroxyl groups is 2. The Morgan fingerprint density at radius 1 is 1.19 bits per heavy atom. The van der Waals surface area contributed by atoms with Crippen molar-refractivity contribution >= 4 is 17.4 Å². The lowest BCUT2D eigenvalue weighted by Gasteiger charge is -2.59. The predicted molar refractivity (Wildman–Crippen MR) is 169 cm³/mol. The van der Waals surface area contributed by atoms with Gasteiger partial charge in [-0.2, -0.15) is 13.2 Å². The maximum absolute atomic E-state index is 14.7. The first-order valence-electron chi connectivity index (χ1n) is 16.2. The van der Waals surface area contributed by atoms with Gasteiger partial charge >= 0.3 is 6.18 Å². The number of ketones is 1. The highest BCUT2D eigenvalue weighted by Gasteiger charge is 2.68. The molecule has 1 saturated heterocycles. The third-order valence-corrected chi connectivity index (χ3v) is 11.0. The number of phenolic OH excluding ortho intramolecular Hbond substituents is 1. The van der Waals surface area contributed by atoms with Crippen LogP contribution in [0.4, 0.5) is 18.9 Å². The molecule has 4 atom stereocenters. The van der Waals surface area contributed by atoms with Gasteiger partial charge in [0.2, 0.25) is 0 Å². The van der Waals surface area contributed by atoms with Gasteiger partial charge in [0, 0.05) is 62.9 Å². The van der Waals surface area contributed by atoms with Crippen LogP contribution in [0.15, 0.2) is 40.1 Å². The fourth-order valence-electron chi connectivity index (χ4n) is 8.71. The largest absolute Gasteiger partial charge is 0.510 e. The number of rotatable bonds is 7. The van der Waals surface area contributed by atoms with E-state index in [1.165, 1.54) is 7.11 Å². The van der Waals surface area contributed by atoms with Crippen molar-refractivity contribution in [2.24, 2.45) is 17.6 Å². The third kappa shape index (κ3) is 4.66. The minimum absolute atomic E-state index is 0.0510. The number of allylic oxidation sites excluding steroid dienone is 2. The second-order valence-corrected chi connectivity index (χ2v) is 14.0. The number of likely N-dealkylation sites (N-methyl/N-ethyl adjacent to an activating group) is 1. The zero-order chi connectivity index (χ0) is 35.2. The maximum atomic E-state index is 14.7. The van der Waals surface area contributed by atoms with Crippen LogP contribution in [0.25, 0.3) is 0 Å². The number of phenols is 1. The Morgan fingerprint density at radius 2 is 1.83 bits per heavy atom. The van der Waals surface area contributed by atoms with Gasteiger partial charge < -0.3 is 35.4 Å². The van der Waals surface area contributed by atoms with Crippen molar-refractivity contribution in [2.75, 3.05) is 53.3 Å². The summed E-state index contributed by atoms with van der Waals surface area (Å²) < 4.78 is 52.9. The molecule has 48 heavy (non-hydrogen) atoms. The number of piperidine rings is 1. The fourth-order valence-corrected chi connectivity index (χ4v) is 8.71. The smallest absolute Gasteiger partial charge is 0.417 e. The number of nitrogens with two attached hydrogens (primary N) is 1. The number of alkyl halides is 3. The second-order valence-electron chi connectivity index (χ2n) is 14.0. The fraction of sp³-hybridized carbons (Fsp3) is 0.588. The zero-order valence-electron chi connectivity index (χ0n) is 28.0. The number of Topliss-reactive ketones (excluding diaryl/α,β-unsaturated/α-hetero) is 1. The summed E-state index contributed by atoms with van der Waals surface area (Å²) in [6.45, 7) is 1.81. The number of hydrogen-bond donors (Lipinski definition) is 4. The van der Waals surface area contributed by atoms with Gasteiger partial charge in [-0.25, -0.2) is 0 Å². The number of benzene rings is 1. The molecule has 0 bridgehead atoms. The topological polar surface area (TPSA) is 149 Å². The Balaban J connectivity index is 1.47. The maximum Gasteiger partial charge on any atom is 0.417 e. The lowest BCUT2D eigenvalue weighted by atomic mass is 9.55. The highest BCUT2D eigenvalue weighted by molar-refractivity contribution is 6.15. The minimum Gasteiger partial charge on any atom is -0.510 e. The molecule has 6 rings (SSSR count). The molecule has 262 valence electrons. The molecule has 5 aliphatic rings. The molecule has 1 spiro atoms. The van der Waals surface area contributed by atoms with E-state index in [9.17, 15) is 38.1 Å². The van der Waals surface area contributed by atoms with Crippen LogP contribution >= 0.6 is 0 Å². The third-order valence-electron chi connectivity index (χ3n) is 11.0. The van der Waals surface area contributed by atoms with E-state index in [-0.39, 0.29) is 54.0 Å². The summed E-state index contributed by atoms with van der Waals surface area (Å²) in [6.07, 6.45) is -4.60. The first kappa shape index (κ1) is 34.1. The Hall–Kier alpha value is -3.75. The minimum atomic E-state index is -4.74. The van der Waals surface area contributed by atoms with E-state index in [2.05, 4.69) is 0 Å². The number of ether oxygens (including phenoxy) is 2. The summed E-state index contributed by atoms with van der Waals surface area (Å²) in [5, 5.41) is 33.4. The number of anilines is 1. The van der Waals surface area contributed by atoms with Gasteiger partial charge in [0.25, 0.3) is 5.91 Å². The average Bonchev–Trinajstić information content (AvgIpc) is 2.99.